The van der Waals surface area contributed by atoms with Crippen molar-refractivity contribution in [3.8, 4) is 0 Å². The van der Waals surface area contributed by atoms with Crippen LogP contribution in [0.5, 0.6) is 0 Å². The van der Waals surface area contributed by atoms with Crippen molar-refractivity contribution < 1.29 is 26.2 Å². The van der Waals surface area contributed by atoms with Crippen molar-refractivity contribution in [3.05, 3.63) is 130 Å². The number of hydrogen-bond donors (Lipinski definition) is 0. The van der Waals surface area contributed by atoms with E-state index in [-0.39, 0.29) is 61.8 Å². The van der Waals surface area contributed by atoms with E-state index in [1.165, 1.54) is 32.0 Å². The van der Waals surface area contributed by atoms with Crippen LogP contribution < -0.4 is 20.9 Å². The molecule has 0 amide bonds. The van der Waals surface area contributed by atoms with Crippen LogP contribution >= 0.6 is 24.8 Å². The zero-order valence-electron chi connectivity index (χ0n) is 21.4. The van der Waals surface area contributed by atoms with E-state index < -0.39 is 0 Å². The van der Waals surface area contributed by atoms with Gasteiger partial charge in [-0.2, -0.15) is 0 Å². The molecular weight excluding hydrogens is 574 g/mol. The number of benzene rings is 2. The molecule has 0 fully saturated rings. The van der Waals surface area contributed by atoms with E-state index in [2.05, 4.69) is 86.2 Å². The van der Waals surface area contributed by atoms with Crippen LogP contribution in [-0.4, -0.2) is 9.97 Å². The van der Waals surface area contributed by atoms with Crippen LogP contribution in [0.3, 0.4) is 0 Å². The Labute approximate surface area is 250 Å². The summed E-state index contributed by atoms with van der Waals surface area (Å²) in [7, 11) is 0. The third-order valence-corrected chi connectivity index (χ3v) is 7.40. The molecule has 0 radical (unpaired) electrons. The van der Waals surface area contributed by atoms with Gasteiger partial charge in [-0.25, -0.2) is 0 Å². The van der Waals surface area contributed by atoms with E-state index >= 15 is 0 Å². The summed E-state index contributed by atoms with van der Waals surface area (Å²) in [6, 6.07) is 31.1. The normalized spacial score (nSPS) is 20.3. The van der Waals surface area contributed by atoms with E-state index in [9.17, 15) is 0 Å². The molecular formula is C32H30Cl2N2Zr. The van der Waals surface area contributed by atoms with Gasteiger partial charge >= 0.3 is 26.2 Å². The summed E-state index contributed by atoms with van der Waals surface area (Å²) in [4.78, 5) is 9.00. The quantitative estimate of drug-likeness (QED) is 0.316. The minimum atomic E-state index is -0.0958. The molecule has 0 N–H and O–H groups in total. The Morgan fingerprint density at radius 3 is 1.32 bits per heavy atom. The molecule has 2 aliphatic carbocycles. The summed E-state index contributed by atoms with van der Waals surface area (Å²) >= 11 is 0. The van der Waals surface area contributed by atoms with Crippen molar-refractivity contribution in [2.45, 2.75) is 38.5 Å². The molecule has 0 saturated heterocycles. The Hall–Kier alpha value is -2.32. The van der Waals surface area contributed by atoms with Crippen LogP contribution in [0.4, 0.5) is 0 Å². The van der Waals surface area contributed by atoms with Gasteiger partial charge in [0, 0.05) is 34.6 Å². The fourth-order valence-electron chi connectivity index (χ4n) is 5.02. The first kappa shape index (κ1) is 30.9. The van der Waals surface area contributed by atoms with Crippen LogP contribution in [0.15, 0.2) is 85.2 Å². The Balaban J connectivity index is 0.000000241. The molecule has 2 heterocycles. The second-order valence-corrected chi connectivity index (χ2v) is 9.37. The van der Waals surface area contributed by atoms with Crippen LogP contribution in [-0.2, 0) is 37.0 Å². The van der Waals surface area contributed by atoms with Gasteiger partial charge in [0.15, 0.2) is 0 Å². The van der Waals surface area contributed by atoms with Gasteiger partial charge in [0.1, 0.15) is 0 Å². The Kier molecular flexibility index (Phi) is 10.4. The Bertz CT molecular complexity index is 1480. The number of aromatic nitrogens is 2. The van der Waals surface area contributed by atoms with E-state index in [1.54, 1.807) is 0 Å². The second kappa shape index (κ2) is 12.5. The maximum atomic E-state index is 4.50. The topological polar surface area (TPSA) is 25.8 Å². The average Bonchev–Trinajstić information content (AvgIpc) is 3.31. The Morgan fingerprint density at radius 1 is 0.595 bits per heavy atom. The molecule has 0 spiro atoms. The molecule has 2 atom stereocenters. The first-order valence-electron chi connectivity index (χ1n) is 11.7. The molecule has 4 aromatic rings. The first-order valence-corrected chi connectivity index (χ1v) is 11.7. The summed E-state index contributed by atoms with van der Waals surface area (Å²) < 4.78 is 0. The van der Waals surface area contributed by atoms with E-state index in [0.29, 0.717) is 0 Å². The number of pyridine rings is 2. The molecule has 0 saturated carbocycles. The molecule has 2 aromatic heterocycles. The van der Waals surface area contributed by atoms with E-state index in [4.69, 9.17) is 0 Å². The molecule has 2 unspecified atom stereocenters. The summed E-state index contributed by atoms with van der Waals surface area (Å²) in [5.74, 6) is 0. The Morgan fingerprint density at radius 2 is 1.00 bits per heavy atom. The van der Waals surface area contributed by atoms with Crippen molar-refractivity contribution in [1.82, 2.24) is 9.97 Å². The van der Waals surface area contributed by atoms with E-state index in [0.717, 1.165) is 11.4 Å². The van der Waals surface area contributed by atoms with Crippen LogP contribution in [0.25, 0.3) is 23.3 Å². The molecule has 37 heavy (non-hydrogen) atoms. The van der Waals surface area contributed by atoms with Crippen LogP contribution in [0.2, 0.25) is 0 Å². The smallest absolute Gasteiger partial charge is 0.261 e. The molecule has 0 bridgehead atoms. The predicted molar refractivity (Wildman–Crippen MR) is 154 cm³/mol. The summed E-state index contributed by atoms with van der Waals surface area (Å²) in [6.45, 7) is 8.81. The average molecular weight is 605 g/mol. The molecule has 2 nitrogen and oxygen atoms in total. The van der Waals surface area contributed by atoms with Crippen molar-refractivity contribution in [1.29, 1.82) is 0 Å². The molecule has 5 heteroatoms. The van der Waals surface area contributed by atoms with Gasteiger partial charge in [0.05, 0.1) is 0 Å². The summed E-state index contributed by atoms with van der Waals surface area (Å²) in [5, 5.41) is 4.97. The predicted octanol–water partition coefficient (Wildman–Crippen LogP) is 4.45. The third kappa shape index (κ3) is 5.60. The minimum Gasteiger partial charge on any atom is -0.261 e. The molecule has 6 rings (SSSR count). The van der Waals surface area contributed by atoms with Gasteiger partial charge in [0.25, 0.3) is 0 Å². The van der Waals surface area contributed by atoms with Crippen molar-refractivity contribution >= 4 is 48.1 Å². The fraction of sp³-hybridized carbons (Fsp3) is 0.188. The largest absolute Gasteiger partial charge is 2.00 e. The van der Waals surface area contributed by atoms with Gasteiger partial charge in [0.2, 0.25) is 0 Å². The number of rotatable bonds is 2. The van der Waals surface area contributed by atoms with Crippen molar-refractivity contribution in [2.75, 3.05) is 0 Å². The number of nitrogens with zero attached hydrogens (tertiary/aromatic N) is 2. The zero-order valence-corrected chi connectivity index (χ0v) is 25.5. The standard InChI is InChI=1S/2C16H14N.2ClH.Zr/c2*1-12-14-8-4-3-7-13(14)11-16(12,2)15-9-5-6-10-17-15;;;/h2*3-6,8-11H,1-2H3;2*1H;/q2*-1;;;+2. The van der Waals surface area contributed by atoms with Gasteiger partial charge in [-0.3, -0.25) is 9.97 Å². The molecule has 2 aromatic carbocycles. The maximum Gasteiger partial charge on any atom is 2.00 e. The zero-order chi connectivity index (χ0) is 23.8. The SMILES string of the molecule is CC1=c2ccc[c-]c2=CC1(C)c1ccccn1.CC1=c2ccc[c-]c2=CC1(C)c1ccccn1.Cl.Cl.[Zr+2]. The third-order valence-electron chi connectivity index (χ3n) is 7.40. The maximum absolute atomic E-state index is 4.50. The summed E-state index contributed by atoms with van der Waals surface area (Å²) in [6.07, 6.45) is 8.24. The molecule has 2 aliphatic rings. The second-order valence-electron chi connectivity index (χ2n) is 9.37. The monoisotopic (exact) mass is 602 g/mol. The van der Waals surface area contributed by atoms with E-state index in [1.807, 2.05) is 60.9 Å². The molecule has 0 aliphatic heterocycles. The van der Waals surface area contributed by atoms with Crippen molar-refractivity contribution in [2.24, 2.45) is 0 Å². The fourth-order valence-corrected chi connectivity index (χ4v) is 5.02. The first-order chi connectivity index (χ1) is 16.4. The number of fused-ring (bicyclic) bond motifs is 2. The molecule has 186 valence electrons. The number of halogens is 2. The van der Waals surface area contributed by atoms with Gasteiger partial charge in [-0.05, 0) is 24.3 Å². The van der Waals surface area contributed by atoms with Gasteiger partial charge in [-0.1, -0.05) is 39.8 Å². The van der Waals surface area contributed by atoms with Gasteiger partial charge < -0.3 is 0 Å². The number of hydrogen-bond acceptors (Lipinski definition) is 2. The van der Waals surface area contributed by atoms with Crippen molar-refractivity contribution in [3.63, 3.8) is 0 Å². The van der Waals surface area contributed by atoms with Crippen LogP contribution in [0, 0.1) is 12.1 Å². The van der Waals surface area contributed by atoms with Crippen LogP contribution in [0.1, 0.15) is 39.1 Å². The minimum absolute atomic E-state index is 0. The summed E-state index contributed by atoms with van der Waals surface area (Å²) in [5.41, 5.74) is 4.71. The van der Waals surface area contributed by atoms with Gasteiger partial charge in [-0.15, -0.1) is 118 Å².